The van der Waals surface area contributed by atoms with Gasteiger partial charge in [-0.05, 0) is 24.3 Å². The van der Waals surface area contributed by atoms with E-state index in [0.717, 1.165) is 50.6 Å². The number of benzene rings is 3. The molecule has 0 radical (unpaired) electrons. The van der Waals surface area contributed by atoms with Crippen LogP contribution in [0.2, 0.25) is 0 Å². The van der Waals surface area contributed by atoms with E-state index in [1.165, 1.54) is 0 Å². The van der Waals surface area contributed by atoms with Crippen LogP contribution in [0.15, 0.2) is 78.9 Å². The molecule has 0 saturated carbocycles. The lowest BCUT2D eigenvalue weighted by Crippen LogP contribution is -1.92. The lowest BCUT2D eigenvalue weighted by molar-refractivity contribution is 0.112. The summed E-state index contributed by atoms with van der Waals surface area (Å²) in [7, 11) is 0. The van der Waals surface area contributed by atoms with E-state index in [-0.39, 0.29) is 0 Å². The van der Waals surface area contributed by atoms with Gasteiger partial charge in [0.05, 0.1) is 0 Å². The van der Waals surface area contributed by atoms with Crippen molar-refractivity contribution >= 4 is 28.1 Å². The maximum absolute atomic E-state index is 11.7. The van der Waals surface area contributed by atoms with Crippen LogP contribution in [0.4, 0.5) is 0 Å². The summed E-state index contributed by atoms with van der Waals surface area (Å²) in [6.07, 6.45) is 0.924. The van der Waals surface area contributed by atoms with E-state index in [9.17, 15) is 4.79 Å². The molecular formula is C23H16N2O. The summed E-state index contributed by atoms with van der Waals surface area (Å²) in [5, 5.41) is 2.28. The predicted octanol–water partition coefficient (Wildman–Crippen LogP) is 5.80. The maximum Gasteiger partial charge on any atom is 0.150 e. The summed E-state index contributed by atoms with van der Waals surface area (Å²) in [6.45, 7) is 0. The van der Waals surface area contributed by atoms with Gasteiger partial charge < -0.3 is 9.97 Å². The van der Waals surface area contributed by atoms with Gasteiger partial charge in [0.25, 0.3) is 0 Å². The second-order valence-electron chi connectivity index (χ2n) is 6.43. The normalized spacial score (nSPS) is 11.2. The topological polar surface area (TPSA) is 48.6 Å². The number of fused-ring (bicyclic) bond motifs is 2. The van der Waals surface area contributed by atoms with Crippen molar-refractivity contribution < 1.29 is 4.79 Å². The molecule has 2 heterocycles. The van der Waals surface area contributed by atoms with Gasteiger partial charge in [-0.2, -0.15) is 0 Å². The van der Waals surface area contributed by atoms with Crippen LogP contribution in [-0.4, -0.2) is 16.3 Å². The van der Waals surface area contributed by atoms with E-state index in [4.69, 9.17) is 0 Å². The quantitative estimate of drug-likeness (QED) is 0.402. The van der Waals surface area contributed by atoms with Crippen LogP contribution in [0.3, 0.4) is 0 Å². The molecule has 0 amide bonds. The number of carbonyl (C=O) groups is 1. The highest BCUT2D eigenvalue weighted by Crippen LogP contribution is 2.36. The lowest BCUT2D eigenvalue weighted by Gasteiger charge is -2.09. The molecule has 0 aliphatic carbocycles. The number of rotatable bonds is 3. The van der Waals surface area contributed by atoms with Crippen molar-refractivity contribution in [2.75, 3.05) is 0 Å². The molecule has 3 aromatic carbocycles. The van der Waals surface area contributed by atoms with Crippen molar-refractivity contribution in [2.24, 2.45) is 0 Å². The van der Waals surface area contributed by atoms with Crippen LogP contribution in [0, 0.1) is 0 Å². The fraction of sp³-hybridized carbons (Fsp3) is 0. The van der Waals surface area contributed by atoms with Crippen LogP contribution in [0.1, 0.15) is 10.4 Å². The molecule has 0 aliphatic heterocycles. The van der Waals surface area contributed by atoms with Crippen molar-refractivity contribution in [1.82, 2.24) is 9.97 Å². The van der Waals surface area contributed by atoms with Gasteiger partial charge in [-0.3, -0.25) is 4.79 Å². The minimum atomic E-state index is 0.674. The maximum atomic E-state index is 11.7. The zero-order valence-corrected chi connectivity index (χ0v) is 14.0. The minimum Gasteiger partial charge on any atom is -0.355 e. The van der Waals surface area contributed by atoms with E-state index in [1.807, 2.05) is 42.5 Å². The Hall–Kier alpha value is -3.59. The zero-order chi connectivity index (χ0) is 17.5. The highest BCUT2D eigenvalue weighted by molar-refractivity contribution is 5.99. The van der Waals surface area contributed by atoms with Crippen LogP contribution in [0.25, 0.3) is 44.3 Å². The first-order valence-electron chi connectivity index (χ1n) is 8.58. The molecule has 0 saturated heterocycles. The Balaban J connectivity index is 1.79. The number of hydrogen-bond donors (Lipinski definition) is 2. The average Bonchev–Trinajstić information content (AvgIpc) is 3.31. The Morgan fingerprint density at radius 3 is 1.92 bits per heavy atom. The van der Waals surface area contributed by atoms with Gasteiger partial charge in [-0.1, -0.05) is 54.6 Å². The second-order valence-corrected chi connectivity index (χ2v) is 6.43. The van der Waals surface area contributed by atoms with Crippen molar-refractivity contribution in [1.29, 1.82) is 0 Å². The van der Waals surface area contributed by atoms with Crippen molar-refractivity contribution in [3.05, 3.63) is 84.4 Å². The molecule has 3 nitrogen and oxygen atoms in total. The van der Waals surface area contributed by atoms with Crippen LogP contribution in [0.5, 0.6) is 0 Å². The summed E-state index contributed by atoms with van der Waals surface area (Å²) in [6, 6.07) is 26.4. The summed E-state index contributed by atoms with van der Waals surface area (Å²) < 4.78 is 0. The summed E-state index contributed by atoms with van der Waals surface area (Å²) in [4.78, 5) is 18.7. The Labute approximate surface area is 150 Å². The van der Waals surface area contributed by atoms with Crippen LogP contribution >= 0.6 is 0 Å². The predicted molar refractivity (Wildman–Crippen MR) is 106 cm³/mol. The molecule has 26 heavy (non-hydrogen) atoms. The van der Waals surface area contributed by atoms with E-state index >= 15 is 0 Å². The summed E-state index contributed by atoms with van der Waals surface area (Å²) in [5.41, 5.74) is 6.70. The number of nitrogens with one attached hydrogen (secondary N) is 2. The molecule has 0 bridgehead atoms. The Bertz CT molecular complexity index is 1190. The number of para-hydroxylation sites is 2. The fourth-order valence-corrected chi connectivity index (χ4v) is 3.62. The SMILES string of the molecule is O=Cc1cccc(-c2cc3ccccc3[nH]2)c1-c1cc2ccccc2[nH]1. The van der Waals surface area contributed by atoms with Crippen LogP contribution in [-0.2, 0) is 0 Å². The van der Waals surface area contributed by atoms with Gasteiger partial charge in [-0.15, -0.1) is 0 Å². The summed E-state index contributed by atoms with van der Waals surface area (Å²) >= 11 is 0. The van der Waals surface area contributed by atoms with E-state index in [2.05, 4.69) is 46.4 Å². The highest BCUT2D eigenvalue weighted by atomic mass is 16.1. The van der Waals surface area contributed by atoms with Gasteiger partial charge in [-0.25, -0.2) is 0 Å². The van der Waals surface area contributed by atoms with Gasteiger partial charge >= 0.3 is 0 Å². The van der Waals surface area contributed by atoms with Gasteiger partial charge in [0, 0.05) is 49.9 Å². The molecule has 0 spiro atoms. The minimum absolute atomic E-state index is 0.674. The first-order chi connectivity index (χ1) is 12.8. The number of aldehydes is 1. The molecule has 3 heteroatoms. The van der Waals surface area contributed by atoms with Crippen molar-refractivity contribution in [3.63, 3.8) is 0 Å². The molecule has 0 unspecified atom stereocenters. The molecule has 124 valence electrons. The Kier molecular flexibility index (Phi) is 3.25. The molecule has 5 aromatic rings. The first-order valence-corrected chi connectivity index (χ1v) is 8.58. The standard InChI is InChI=1S/C23H16N2O/c26-14-17-8-5-9-18(21-12-15-6-1-3-10-19(15)24-21)23(17)22-13-16-7-2-4-11-20(16)25-22/h1-14,24-25H. The molecule has 0 fully saturated rings. The first kappa shape index (κ1) is 14.7. The molecule has 2 N–H and O–H groups in total. The van der Waals surface area contributed by atoms with Gasteiger partial charge in [0.1, 0.15) is 0 Å². The summed E-state index contributed by atoms with van der Waals surface area (Å²) in [5.74, 6) is 0. The monoisotopic (exact) mass is 336 g/mol. The average molecular weight is 336 g/mol. The molecule has 0 aliphatic rings. The van der Waals surface area contributed by atoms with Gasteiger partial charge in [0.2, 0.25) is 0 Å². The molecular weight excluding hydrogens is 320 g/mol. The number of aromatic nitrogens is 2. The lowest BCUT2D eigenvalue weighted by atomic mass is 9.96. The third-order valence-corrected chi connectivity index (χ3v) is 4.84. The Morgan fingerprint density at radius 2 is 1.27 bits per heavy atom. The smallest absolute Gasteiger partial charge is 0.150 e. The number of H-pyrrole nitrogens is 2. The molecule has 5 rings (SSSR count). The largest absolute Gasteiger partial charge is 0.355 e. The van der Waals surface area contributed by atoms with Gasteiger partial charge in [0.15, 0.2) is 6.29 Å². The fourth-order valence-electron chi connectivity index (χ4n) is 3.62. The molecule has 2 aromatic heterocycles. The van der Waals surface area contributed by atoms with E-state index in [1.54, 1.807) is 0 Å². The number of carbonyl (C=O) groups excluding carboxylic acids is 1. The number of aromatic amines is 2. The van der Waals surface area contributed by atoms with E-state index in [0.29, 0.717) is 5.56 Å². The third-order valence-electron chi connectivity index (χ3n) is 4.84. The van der Waals surface area contributed by atoms with Crippen molar-refractivity contribution in [2.45, 2.75) is 0 Å². The van der Waals surface area contributed by atoms with Crippen LogP contribution < -0.4 is 0 Å². The Morgan fingerprint density at radius 1 is 0.654 bits per heavy atom. The third kappa shape index (κ3) is 2.25. The van der Waals surface area contributed by atoms with Crippen molar-refractivity contribution in [3.8, 4) is 22.5 Å². The zero-order valence-electron chi connectivity index (χ0n) is 14.0. The highest BCUT2D eigenvalue weighted by Gasteiger charge is 2.15. The molecule has 0 atom stereocenters. The number of hydrogen-bond acceptors (Lipinski definition) is 1. The van der Waals surface area contributed by atoms with E-state index < -0.39 is 0 Å². The second kappa shape index (κ2) is 5.74.